The van der Waals surface area contributed by atoms with E-state index >= 15 is 0 Å². The molecule has 22 heavy (non-hydrogen) atoms. The zero-order chi connectivity index (χ0) is 16.2. The van der Waals surface area contributed by atoms with Crippen molar-refractivity contribution in [3.8, 4) is 0 Å². The number of fused-ring (bicyclic) bond motifs is 2. The summed E-state index contributed by atoms with van der Waals surface area (Å²) in [4.78, 5) is 35.5. The van der Waals surface area contributed by atoms with E-state index in [4.69, 9.17) is 5.73 Å². The standard InChI is InChI=1S/C14H6Br2N2O4/c15-8-4-9(16)12(17)11-10(8)13(19)6-2-1-5(18(21)22)3-7(6)14(11)20/h1-4H,17H2. The lowest BCUT2D eigenvalue weighted by molar-refractivity contribution is -0.384. The molecule has 0 radical (unpaired) electrons. The van der Waals surface area contributed by atoms with Gasteiger partial charge in [0.1, 0.15) is 0 Å². The van der Waals surface area contributed by atoms with Crippen molar-refractivity contribution < 1.29 is 14.5 Å². The van der Waals surface area contributed by atoms with Crippen molar-refractivity contribution in [1.29, 1.82) is 0 Å². The van der Waals surface area contributed by atoms with E-state index in [9.17, 15) is 19.7 Å². The summed E-state index contributed by atoms with van der Waals surface area (Å²) in [7, 11) is 0. The van der Waals surface area contributed by atoms with Gasteiger partial charge in [-0.05, 0) is 44.0 Å². The first kappa shape index (κ1) is 14.9. The summed E-state index contributed by atoms with van der Waals surface area (Å²) in [5.41, 5.74) is 6.13. The largest absolute Gasteiger partial charge is 0.397 e. The van der Waals surface area contributed by atoms with Gasteiger partial charge in [0, 0.05) is 32.2 Å². The van der Waals surface area contributed by atoms with E-state index in [1.54, 1.807) is 6.07 Å². The molecule has 2 aromatic rings. The molecule has 0 bridgehead atoms. The molecule has 0 amide bonds. The molecule has 1 aliphatic rings. The van der Waals surface area contributed by atoms with Crippen LogP contribution in [-0.4, -0.2) is 16.5 Å². The van der Waals surface area contributed by atoms with E-state index in [1.165, 1.54) is 12.1 Å². The molecule has 0 spiro atoms. The summed E-state index contributed by atoms with van der Waals surface area (Å²) in [6, 6.07) is 5.19. The molecule has 0 unspecified atom stereocenters. The van der Waals surface area contributed by atoms with Crippen molar-refractivity contribution in [2.45, 2.75) is 0 Å². The van der Waals surface area contributed by atoms with Crippen molar-refractivity contribution in [2.24, 2.45) is 0 Å². The van der Waals surface area contributed by atoms with Crippen LogP contribution in [0.25, 0.3) is 0 Å². The molecule has 0 saturated carbocycles. The highest BCUT2D eigenvalue weighted by Gasteiger charge is 2.35. The highest BCUT2D eigenvalue weighted by Crippen LogP contribution is 2.39. The SMILES string of the molecule is Nc1c(Br)cc(Br)c2c1C(=O)c1cc([N+](=O)[O-])ccc1C2=O. The van der Waals surface area contributed by atoms with Crippen molar-refractivity contribution >= 4 is 54.8 Å². The van der Waals surface area contributed by atoms with E-state index in [0.29, 0.717) is 8.95 Å². The molecule has 3 rings (SSSR count). The molecule has 0 saturated heterocycles. The predicted molar refractivity (Wildman–Crippen MR) is 86.2 cm³/mol. The molecular weight excluding hydrogens is 420 g/mol. The maximum absolute atomic E-state index is 12.7. The Kier molecular flexibility index (Phi) is 3.37. The molecule has 2 aromatic carbocycles. The smallest absolute Gasteiger partial charge is 0.270 e. The number of halogens is 2. The molecule has 8 heteroatoms. The third-order valence-electron chi connectivity index (χ3n) is 3.43. The molecule has 1 aliphatic carbocycles. The number of anilines is 1. The molecule has 0 aromatic heterocycles. The van der Waals surface area contributed by atoms with Gasteiger partial charge in [-0.2, -0.15) is 0 Å². The number of nitrogen functional groups attached to an aromatic ring is 1. The Bertz CT molecular complexity index is 893. The van der Waals surface area contributed by atoms with Gasteiger partial charge in [0.2, 0.25) is 0 Å². The van der Waals surface area contributed by atoms with Crippen molar-refractivity contribution in [1.82, 2.24) is 0 Å². The number of rotatable bonds is 1. The van der Waals surface area contributed by atoms with Gasteiger partial charge in [-0.1, -0.05) is 0 Å². The molecule has 6 nitrogen and oxygen atoms in total. The first-order valence-corrected chi connectivity index (χ1v) is 7.57. The fourth-order valence-electron chi connectivity index (χ4n) is 2.39. The van der Waals surface area contributed by atoms with Crippen molar-refractivity contribution in [2.75, 3.05) is 5.73 Å². The first-order valence-electron chi connectivity index (χ1n) is 5.98. The summed E-state index contributed by atoms with van der Waals surface area (Å²) in [6.45, 7) is 0. The number of ketones is 2. The van der Waals surface area contributed by atoms with Crippen LogP contribution in [0, 0.1) is 10.1 Å². The Morgan fingerprint density at radius 1 is 0.955 bits per heavy atom. The van der Waals surface area contributed by atoms with Gasteiger partial charge in [-0.3, -0.25) is 19.7 Å². The normalized spacial score (nSPS) is 12.8. The van der Waals surface area contributed by atoms with Gasteiger partial charge in [-0.15, -0.1) is 0 Å². The average molecular weight is 426 g/mol. The minimum absolute atomic E-state index is 0.0107. The monoisotopic (exact) mass is 424 g/mol. The number of hydrogen-bond acceptors (Lipinski definition) is 5. The third kappa shape index (κ3) is 1.98. The Morgan fingerprint density at radius 2 is 1.59 bits per heavy atom. The molecular formula is C14H6Br2N2O4. The minimum atomic E-state index is -0.617. The predicted octanol–water partition coefficient (Wildman–Crippen LogP) is 3.48. The number of nitro groups is 1. The minimum Gasteiger partial charge on any atom is -0.397 e. The van der Waals surface area contributed by atoms with E-state index < -0.39 is 16.5 Å². The van der Waals surface area contributed by atoms with Gasteiger partial charge in [0.25, 0.3) is 5.69 Å². The lowest BCUT2D eigenvalue weighted by atomic mass is 9.83. The topological polar surface area (TPSA) is 103 Å². The molecule has 0 fully saturated rings. The number of nitrogens with zero attached hydrogens (tertiary/aromatic N) is 1. The number of nitrogens with two attached hydrogens (primary N) is 1. The second kappa shape index (κ2) is 4.99. The highest BCUT2D eigenvalue weighted by atomic mass is 79.9. The van der Waals surface area contributed by atoms with E-state index in [0.717, 1.165) is 6.07 Å². The van der Waals surface area contributed by atoms with E-state index in [2.05, 4.69) is 31.9 Å². The summed E-state index contributed by atoms with van der Waals surface area (Å²) < 4.78 is 0.902. The molecule has 0 atom stereocenters. The Labute approximate surface area is 140 Å². The van der Waals surface area contributed by atoms with Crippen LogP contribution in [0.1, 0.15) is 31.8 Å². The van der Waals surface area contributed by atoms with E-state index in [-0.39, 0.29) is 33.6 Å². The molecule has 0 heterocycles. The third-order valence-corrected chi connectivity index (χ3v) is 4.71. The Hall–Kier alpha value is -2.06. The fourth-order valence-corrected chi connectivity index (χ4v) is 3.74. The maximum atomic E-state index is 12.7. The van der Waals surface area contributed by atoms with Crippen LogP contribution in [0.3, 0.4) is 0 Å². The zero-order valence-corrected chi connectivity index (χ0v) is 13.9. The Morgan fingerprint density at radius 3 is 2.23 bits per heavy atom. The second-order valence-electron chi connectivity index (χ2n) is 4.65. The van der Waals surface area contributed by atoms with Crippen LogP contribution in [0.4, 0.5) is 11.4 Å². The summed E-state index contributed by atoms with van der Waals surface area (Å²) in [5.74, 6) is -0.904. The number of nitro benzene ring substituents is 1. The maximum Gasteiger partial charge on any atom is 0.270 e. The number of hydrogen-bond donors (Lipinski definition) is 1. The Balaban J connectivity index is 2.35. The molecule has 2 N–H and O–H groups in total. The molecule has 110 valence electrons. The first-order chi connectivity index (χ1) is 10.3. The van der Waals surface area contributed by atoms with E-state index in [1.807, 2.05) is 0 Å². The quantitative estimate of drug-likeness (QED) is 0.365. The summed E-state index contributed by atoms with van der Waals surface area (Å²) in [6.07, 6.45) is 0. The van der Waals surface area contributed by atoms with Crippen LogP contribution < -0.4 is 5.73 Å². The van der Waals surface area contributed by atoms with Gasteiger partial charge in [0.15, 0.2) is 11.6 Å². The van der Waals surface area contributed by atoms with Gasteiger partial charge in [-0.25, -0.2) is 0 Å². The number of carbonyl (C=O) groups excluding carboxylic acids is 2. The fraction of sp³-hybridized carbons (Fsp3) is 0. The van der Waals surface area contributed by atoms with Crippen molar-refractivity contribution in [3.63, 3.8) is 0 Å². The lowest BCUT2D eigenvalue weighted by Gasteiger charge is -2.20. The lowest BCUT2D eigenvalue weighted by Crippen LogP contribution is -2.23. The van der Waals surface area contributed by atoms with Crippen LogP contribution in [0.15, 0.2) is 33.2 Å². The van der Waals surface area contributed by atoms with Crippen LogP contribution in [0.5, 0.6) is 0 Å². The number of carbonyl (C=O) groups is 2. The second-order valence-corrected chi connectivity index (χ2v) is 6.36. The van der Waals surface area contributed by atoms with Gasteiger partial charge < -0.3 is 5.73 Å². The van der Waals surface area contributed by atoms with Gasteiger partial charge in [0.05, 0.1) is 21.7 Å². The highest BCUT2D eigenvalue weighted by molar-refractivity contribution is 9.11. The van der Waals surface area contributed by atoms with Crippen LogP contribution in [-0.2, 0) is 0 Å². The average Bonchev–Trinajstić information content (AvgIpc) is 2.47. The summed E-state index contributed by atoms with van der Waals surface area (Å²) >= 11 is 6.48. The molecule has 0 aliphatic heterocycles. The summed E-state index contributed by atoms with van der Waals surface area (Å²) in [5, 5.41) is 10.9. The number of benzene rings is 2. The van der Waals surface area contributed by atoms with Crippen LogP contribution >= 0.6 is 31.9 Å². The zero-order valence-electron chi connectivity index (χ0n) is 10.7. The van der Waals surface area contributed by atoms with Gasteiger partial charge >= 0.3 is 0 Å². The number of non-ortho nitro benzene ring substituents is 1. The van der Waals surface area contributed by atoms with Crippen molar-refractivity contribution in [3.05, 3.63) is 65.6 Å². The van der Waals surface area contributed by atoms with Crippen LogP contribution in [0.2, 0.25) is 0 Å².